The van der Waals surface area contributed by atoms with Crippen LogP contribution in [0.15, 0.2) is 28.7 Å². The third-order valence-corrected chi connectivity index (χ3v) is 2.96. The predicted molar refractivity (Wildman–Crippen MR) is 71.5 cm³/mol. The number of methoxy groups -OCH3 is 1. The van der Waals surface area contributed by atoms with E-state index in [1.54, 1.807) is 13.0 Å². The van der Waals surface area contributed by atoms with Gasteiger partial charge in [0, 0.05) is 11.9 Å². The lowest BCUT2D eigenvalue weighted by atomic mass is 10.1. The summed E-state index contributed by atoms with van der Waals surface area (Å²) < 4.78 is 9.79. The van der Waals surface area contributed by atoms with E-state index in [1.807, 2.05) is 12.1 Å². The fourth-order valence-electron chi connectivity index (χ4n) is 1.84. The quantitative estimate of drug-likeness (QED) is 0.810. The van der Waals surface area contributed by atoms with E-state index >= 15 is 0 Å². The second kappa shape index (κ2) is 5.75. The van der Waals surface area contributed by atoms with Crippen LogP contribution < -0.4 is 5.32 Å². The first-order chi connectivity index (χ1) is 9.51. The standard InChI is InChI=1S/C14H15NO5/c1-8(14(18)19-2)15-7-9-3-4-11-10(5-9)6-12(20-11)13(16)17/h3-6,8,15H,7H2,1-2H3,(H,16,17). The van der Waals surface area contributed by atoms with Crippen LogP contribution in [0.25, 0.3) is 11.0 Å². The van der Waals surface area contributed by atoms with Crippen LogP contribution in [0, 0.1) is 0 Å². The van der Waals surface area contributed by atoms with Gasteiger partial charge in [0.15, 0.2) is 0 Å². The minimum absolute atomic E-state index is 0.0898. The van der Waals surface area contributed by atoms with Crippen molar-refractivity contribution >= 4 is 22.9 Å². The van der Waals surface area contributed by atoms with E-state index in [4.69, 9.17) is 9.52 Å². The van der Waals surface area contributed by atoms with Crippen molar-refractivity contribution in [2.75, 3.05) is 7.11 Å². The van der Waals surface area contributed by atoms with Gasteiger partial charge in [-0.1, -0.05) is 6.07 Å². The van der Waals surface area contributed by atoms with Crippen LogP contribution in [0.1, 0.15) is 23.0 Å². The molecule has 0 fully saturated rings. The van der Waals surface area contributed by atoms with E-state index in [0.717, 1.165) is 5.56 Å². The van der Waals surface area contributed by atoms with E-state index in [9.17, 15) is 9.59 Å². The lowest BCUT2D eigenvalue weighted by Crippen LogP contribution is -2.34. The first-order valence-corrected chi connectivity index (χ1v) is 6.08. The Bertz CT molecular complexity index is 646. The molecule has 6 heteroatoms. The Morgan fingerprint density at radius 3 is 2.80 bits per heavy atom. The molecule has 0 saturated heterocycles. The zero-order valence-electron chi connectivity index (χ0n) is 11.2. The topological polar surface area (TPSA) is 88.8 Å². The van der Waals surface area contributed by atoms with Crippen molar-refractivity contribution in [1.29, 1.82) is 0 Å². The molecule has 0 aliphatic rings. The second-order valence-electron chi connectivity index (χ2n) is 4.41. The summed E-state index contributed by atoms with van der Waals surface area (Å²) in [5, 5.41) is 12.6. The average Bonchev–Trinajstić information content (AvgIpc) is 2.87. The summed E-state index contributed by atoms with van der Waals surface area (Å²) in [4.78, 5) is 22.1. The summed E-state index contributed by atoms with van der Waals surface area (Å²) in [6.45, 7) is 2.19. The maximum Gasteiger partial charge on any atom is 0.371 e. The van der Waals surface area contributed by atoms with Crippen LogP contribution in [-0.4, -0.2) is 30.2 Å². The number of aromatic carboxylic acids is 1. The van der Waals surface area contributed by atoms with E-state index in [0.29, 0.717) is 17.5 Å². The van der Waals surface area contributed by atoms with Crippen LogP contribution >= 0.6 is 0 Å². The van der Waals surface area contributed by atoms with Gasteiger partial charge in [-0.25, -0.2) is 4.79 Å². The molecule has 6 nitrogen and oxygen atoms in total. The van der Waals surface area contributed by atoms with E-state index in [2.05, 4.69) is 10.1 Å². The minimum atomic E-state index is -1.10. The highest BCUT2D eigenvalue weighted by Gasteiger charge is 2.13. The number of rotatable bonds is 5. The number of nitrogens with one attached hydrogen (secondary N) is 1. The highest BCUT2D eigenvalue weighted by atomic mass is 16.5. The summed E-state index contributed by atoms with van der Waals surface area (Å²) in [7, 11) is 1.34. The molecule has 106 valence electrons. The van der Waals surface area contributed by atoms with Crippen molar-refractivity contribution in [1.82, 2.24) is 5.32 Å². The number of ether oxygens (including phenoxy) is 1. The molecule has 20 heavy (non-hydrogen) atoms. The molecule has 1 atom stereocenters. The van der Waals surface area contributed by atoms with Gasteiger partial charge >= 0.3 is 11.9 Å². The molecule has 2 aromatic rings. The predicted octanol–water partition coefficient (Wildman–Crippen LogP) is 1.78. The first-order valence-electron chi connectivity index (χ1n) is 6.08. The number of carboxylic acid groups (broad SMARTS) is 1. The van der Waals surface area contributed by atoms with Gasteiger partial charge in [0.2, 0.25) is 5.76 Å². The number of benzene rings is 1. The van der Waals surface area contributed by atoms with Crippen LogP contribution in [0.4, 0.5) is 0 Å². The Morgan fingerprint density at radius 2 is 2.15 bits per heavy atom. The monoisotopic (exact) mass is 277 g/mol. The van der Waals surface area contributed by atoms with Crippen molar-refractivity contribution in [3.05, 3.63) is 35.6 Å². The van der Waals surface area contributed by atoms with Gasteiger partial charge in [0.25, 0.3) is 0 Å². The lowest BCUT2D eigenvalue weighted by molar-refractivity contribution is -0.142. The number of carbonyl (C=O) groups is 2. The maximum atomic E-state index is 11.3. The number of carboxylic acids is 1. The molecule has 1 unspecified atom stereocenters. The van der Waals surface area contributed by atoms with E-state index < -0.39 is 12.0 Å². The smallest absolute Gasteiger partial charge is 0.371 e. The highest BCUT2D eigenvalue weighted by Crippen LogP contribution is 2.20. The third kappa shape index (κ3) is 2.97. The lowest BCUT2D eigenvalue weighted by Gasteiger charge is -2.11. The molecule has 2 rings (SSSR count). The van der Waals surface area contributed by atoms with Crippen molar-refractivity contribution in [3.63, 3.8) is 0 Å². The van der Waals surface area contributed by atoms with E-state index in [-0.39, 0.29) is 11.7 Å². The Balaban J connectivity index is 2.11. The molecule has 0 bridgehead atoms. The Hall–Kier alpha value is -2.34. The maximum absolute atomic E-state index is 11.3. The summed E-state index contributed by atoms with van der Waals surface area (Å²) in [6.07, 6.45) is 0. The molecule has 0 aliphatic carbocycles. The fraction of sp³-hybridized carbons (Fsp3) is 0.286. The molecule has 0 spiro atoms. The molecule has 0 radical (unpaired) electrons. The molecular formula is C14H15NO5. The Labute approximate surface area is 115 Å². The van der Waals surface area contributed by atoms with Gasteiger partial charge in [0.1, 0.15) is 11.6 Å². The molecular weight excluding hydrogens is 262 g/mol. The van der Waals surface area contributed by atoms with Crippen LogP contribution in [0.3, 0.4) is 0 Å². The van der Waals surface area contributed by atoms with Crippen molar-refractivity contribution < 1.29 is 23.8 Å². The number of hydrogen-bond donors (Lipinski definition) is 2. The van der Waals surface area contributed by atoms with Crippen LogP contribution in [0.5, 0.6) is 0 Å². The SMILES string of the molecule is COC(=O)C(C)NCc1ccc2oc(C(=O)O)cc2c1. The number of carbonyl (C=O) groups excluding carboxylic acids is 1. The second-order valence-corrected chi connectivity index (χ2v) is 4.41. The van der Waals surface area contributed by atoms with Crippen molar-refractivity contribution in [2.24, 2.45) is 0 Å². The minimum Gasteiger partial charge on any atom is -0.475 e. The largest absolute Gasteiger partial charge is 0.475 e. The van der Waals surface area contributed by atoms with Gasteiger partial charge < -0.3 is 19.6 Å². The number of esters is 1. The molecule has 1 aromatic heterocycles. The molecule has 1 aromatic carbocycles. The van der Waals surface area contributed by atoms with Crippen LogP contribution in [-0.2, 0) is 16.1 Å². The first kappa shape index (κ1) is 14.1. The average molecular weight is 277 g/mol. The molecule has 2 N–H and O–H groups in total. The van der Waals surface area contributed by atoms with Gasteiger partial charge in [-0.05, 0) is 30.7 Å². The zero-order chi connectivity index (χ0) is 14.7. The normalized spacial score (nSPS) is 12.3. The number of fused-ring (bicyclic) bond motifs is 1. The zero-order valence-corrected chi connectivity index (χ0v) is 11.2. The summed E-state index contributed by atoms with van der Waals surface area (Å²) >= 11 is 0. The van der Waals surface area contributed by atoms with Crippen molar-refractivity contribution in [2.45, 2.75) is 19.5 Å². The number of furan rings is 1. The molecule has 1 heterocycles. The van der Waals surface area contributed by atoms with Crippen LogP contribution in [0.2, 0.25) is 0 Å². The molecule has 0 saturated carbocycles. The van der Waals surface area contributed by atoms with Gasteiger partial charge in [-0.3, -0.25) is 4.79 Å². The molecule has 0 amide bonds. The van der Waals surface area contributed by atoms with E-state index in [1.165, 1.54) is 13.2 Å². The van der Waals surface area contributed by atoms with Gasteiger partial charge in [-0.2, -0.15) is 0 Å². The summed E-state index contributed by atoms with van der Waals surface area (Å²) in [6, 6.07) is 6.41. The fourth-order valence-corrected chi connectivity index (χ4v) is 1.84. The Kier molecular flexibility index (Phi) is 4.05. The summed E-state index contributed by atoms with van der Waals surface area (Å²) in [5.74, 6) is -1.52. The highest BCUT2D eigenvalue weighted by molar-refractivity contribution is 5.91. The molecule has 0 aliphatic heterocycles. The Morgan fingerprint density at radius 1 is 1.40 bits per heavy atom. The summed E-state index contributed by atoms with van der Waals surface area (Å²) in [5.41, 5.74) is 1.44. The third-order valence-electron chi connectivity index (χ3n) is 2.96. The number of hydrogen-bond acceptors (Lipinski definition) is 5. The van der Waals surface area contributed by atoms with Gasteiger partial charge in [-0.15, -0.1) is 0 Å². The van der Waals surface area contributed by atoms with Crippen molar-refractivity contribution in [3.8, 4) is 0 Å². The van der Waals surface area contributed by atoms with Gasteiger partial charge in [0.05, 0.1) is 7.11 Å².